The van der Waals surface area contributed by atoms with Crippen LogP contribution in [-0.2, 0) is 42.3 Å². The predicted molar refractivity (Wildman–Crippen MR) is 66.5 cm³/mol. The van der Waals surface area contributed by atoms with Gasteiger partial charge in [-0.25, -0.2) is 0 Å². The van der Waals surface area contributed by atoms with E-state index in [1.54, 1.807) is 0 Å². The fourth-order valence-electron chi connectivity index (χ4n) is 0.867. The second-order valence-electron chi connectivity index (χ2n) is 3.29. The molecule has 0 saturated heterocycles. The van der Waals surface area contributed by atoms with Crippen molar-refractivity contribution in [3.63, 3.8) is 0 Å². The molecule has 0 aromatic rings. The number of carbonyl (C=O) groups is 2. The van der Waals surface area contributed by atoms with E-state index in [1.807, 2.05) is 0 Å². The second kappa shape index (κ2) is 18.4. The fraction of sp³-hybridized carbons (Fsp3) is 0.667. The van der Waals surface area contributed by atoms with Crippen LogP contribution in [0.1, 0.15) is 39.5 Å². The van der Waals surface area contributed by atoms with E-state index in [0.717, 1.165) is 13.0 Å². The molecule has 1 radical (unpaired) electrons. The molecule has 99 valence electrons. The molecule has 4 nitrogen and oxygen atoms in total. The fourth-order valence-corrected chi connectivity index (χ4v) is 0.867. The van der Waals surface area contributed by atoms with Crippen LogP contribution >= 0.6 is 0 Å². The van der Waals surface area contributed by atoms with E-state index in [9.17, 15) is 9.59 Å². The molecule has 0 atom stereocenters. The number of rotatable bonds is 6. The Morgan fingerprint density at radius 2 is 1.71 bits per heavy atom. The van der Waals surface area contributed by atoms with Crippen molar-refractivity contribution in [2.24, 2.45) is 0 Å². The van der Waals surface area contributed by atoms with E-state index in [2.05, 4.69) is 31.4 Å². The Balaban J connectivity index is -0.000000244. The molecule has 0 rings (SSSR count). The summed E-state index contributed by atoms with van der Waals surface area (Å²) in [5.41, 5.74) is 0. The molecule has 0 aromatic heterocycles. The molecule has 17 heavy (non-hydrogen) atoms. The van der Waals surface area contributed by atoms with Crippen molar-refractivity contribution < 1.29 is 42.3 Å². The van der Waals surface area contributed by atoms with Crippen molar-refractivity contribution >= 4 is 11.8 Å². The van der Waals surface area contributed by atoms with Crippen molar-refractivity contribution in [1.29, 1.82) is 0 Å². The number of amides is 2. The summed E-state index contributed by atoms with van der Waals surface area (Å²) in [7, 11) is 0. The summed E-state index contributed by atoms with van der Waals surface area (Å²) in [4.78, 5) is 20.5. The molecule has 0 fully saturated rings. The van der Waals surface area contributed by atoms with E-state index in [4.69, 9.17) is 0 Å². The topological polar surface area (TPSA) is 58.2 Å². The third-order valence-electron chi connectivity index (χ3n) is 1.70. The van der Waals surface area contributed by atoms with Gasteiger partial charge >= 0.3 is 0 Å². The molecule has 0 spiro atoms. The SMILES string of the molecule is [CH2-]CC(=O)NCCCCC.[CH2-]CNC(C)=O.[Y]. The van der Waals surface area contributed by atoms with Crippen molar-refractivity contribution in [2.45, 2.75) is 39.5 Å². The number of carbonyl (C=O) groups excluding carboxylic acids is 2. The molecular formula is C12H24N2O2Y-2. The molecule has 0 aromatic carbocycles. The molecule has 2 amide bonds. The van der Waals surface area contributed by atoms with E-state index >= 15 is 0 Å². The van der Waals surface area contributed by atoms with E-state index < -0.39 is 0 Å². The molecule has 0 heterocycles. The quantitative estimate of drug-likeness (QED) is 0.576. The minimum absolute atomic E-state index is 0. The summed E-state index contributed by atoms with van der Waals surface area (Å²) in [6, 6.07) is 0. The largest absolute Gasteiger partial charge is 0.386 e. The van der Waals surface area contributed by atoms with Gasteiger partial charge in [0.25, 0.3) is 0 Å². The average molecular weight is 317 g/mol. The molecule has 0 bridgehead atoms. The minimum Gasteiger partial charge on any atom is -0.386 e. The van der Waals surface area contributed by atoms with Gasteiger partial charge in [0.15, 0.2) is 5.91 Å². The van der Waals surface area contributed by atoms with Crippen LogP contribution < -0.4 is 10.6 Å². The summed E-state index contributed by atoms with van der Waals surface area (Å²) in [6.07, 6.45) is 3.83. The van der Waals surface area contributed by atoms with Crippen LogP contribution in [0.5, 0.6) is 0 Å². The zero-order valence-corrected chi connectivity index (χ0v) is 13.9. The minimum atomic E-state index is -0.0231. The van der Waals surface area contributed by atoms with Gasteiger partial charge in [-0.2, -0.15) is 0 Å². The Labute approximate surface area is 131 Å². The van der Waals surface area contributed by atoms with Gasteiger partial charge in [0.2, 0.25) is 5.91 Å². The maximum absolute atomic E-state index is 10.6. The Bertz CT molecular complexity index is 187. The Kier molecular flexibility index (Phi) is 24.1. The molecule has 5 heteroatoms. The Morgan fingerprint density at radius 3 is 2.00 bits per heavy atom. The molecule has 0 aliphatic heterocycles. The number of unbranched alkanes of at least 4 members (excludes halogenated alkanes) is 2. The number of hydrogen-bond acceptors (Lipinski definition) is 2. The average Bonchev–Trinajstić information content (AvgIpc) is 2.24. The molecule has 0 aliphatic rings. The maximum Gasteiger partial charge on any atom is 0.214 e. The van der Waals surface area contributed by atoms with Crippen molar-refractivity contribution in [3.05, 3.63) is 13.8 Å². The maximum atomic E-state index is 10.6. The summed E-state index contributed by atoms with van der Waals surface area (Å²) in [6.45, 7) is 11.8. The van der Waals surface area contributed by atoms with Gasteiger partial charge < -0.3 is 24.5 Å². The standard InChI is InChI=1S/C8H16NO.C4H8NO.Y/c1-3-5-6-7-9-8(10)4-2;1-3-5-4(2)6;/h2-7H2,1H3,(H,9,10);1,3H2,2H3,(H,5,6);/q2*-1;. The number of hydrogen-bond donors (Lipinski definition) is 2. The Hall–Kier alpha value is 0.0439. The van der Waals surface area contributed by atoms with E-state index in [0.29, 0.717) is 13.0 Å². The summed E-state index contributed by atoms with van der Waals surface area (Å²) in [5.74, 6) is 0.0288. The van der Waals surface area contributed by atoms with Crippen LogP contribution in [0.4, 0.5) is 0 Å². The van der Waals surface area contributed by atoms with Crippen LogP contribution in [-0.4, -0.2) is 24.9 Å². The molecule has 2 N–H and O–H groups in total. The van der Waals surface area contributed by atoms with Gasteiger partial charge in [0, 0.05) is 46.2 Å². The van der Waals surface area contributed by atoms with Gasteiger partial charge in [0.05, 0.1) is 0 Å². The first kappa shape index (κ1) is 22.2. The second-order valence-corrected chi connectivity index (χ2v) is 3.29. The summed E-state index contributed by atoms with van der Waals surface area (Å²) in [5, 5.41) is 5.22. The first-order valence-electron chi connectivity index (χ1n) is 5.68. The third-order valence-corrected chi connectivity index (χ3v) is 1.70. The summed E-state index contributed by atoms with van der Waals surface area (Å²) >= 11 is 0. The molecule has 0 unspecified atom stereocenters. The van der Waals surface area contributed by atoms with Gasteiger partial charge in [0.1, 0.15) is 0 Å². The van der Waals surface area contributed by atoms with Gasteiger partial charge in [-0.3, -0.25) is 9.59 Å². The van der Waals surface area contributed by atoms with E-state index in [-0.39, 0.29) is 44.5 Å². The van der Waals surface area contributed by atoms with Crippen LogP contribution in [0.25, 0.3) is 0 Å². The monoisotopic (exact) mass is 317 g/mol. The smallest absolute Gasteiger partial charge is 0.214 e. The van der Waals surface area contributed by atoms with Crippen LogP contribution in [0.15, 0.2) is 0 Å². The van der Waals surface area contributed by atoms with Crippen molar-refractivity contribution in [1.82, 2.24) is 10.6 Å². The first-order chi connectivity index (χ1) is 7.58. The molecule has 0 saturated carbocycles. The van der Waals surface area contributed by atoms with Crippen molar-refractivity contribution in [3.8, 4) is 0 Å². The normalized spacial score (nSPS) is 8.24. The third kappa shape index (κ3) is 25.9. The zero-order valence-electron chi connectivity index (χ0n) is 11.1. The van der Waals surface area contributed by atoms with Crippen LogP contribution in [0.3, 0.4) is 0 Å². The van der Waals surface area contributed by atoms with Crippen LogP contribution in [0.2, 0.25) is 0 Å². The molecule has 0 aliphatic carbocycles. The predicted octanol–water partition coefficient (Wildman–Crippen LogP) is 1.47. The van der Waals surface area contributed by atoms with Gasteiger partial charge in [-0.1, -0.05) is 19.8 Å². The van der Waals surface area contributed by atoms with Gasteiger partial charge in [-0.15, -0.1) is 13.0 Å². The molecular weight excluding hydrogens is 293 g/mol. The van der Waals surface area contributed by atoms with Crippen LogP contribution in [0, 0.1) is 13.8 Å². The summed E-state index contributed by atoms with van der Waals surface area (Å²) < 4.78 is 0. The van der Waals surface area contributed by atoms with E-state index in [1.165, 1.54) is 19.8 Å². The zero-order chi connectivity index (χ0) is 12.8. The number of nitrogens with one attached hydrogen (secondary N) is 2. The van der Waals surface area contributed by atoms with Gasteiger partial charge in [-0.05, 0) is 6.42 Å². The van der Waals surface area contributed by atoms with Crippen molar-refractivity contribution in [2.75, 3.05) is 13.1 Å². The first-order valence-corrected chi connectivity index (χ1v) is 5.68. The Morgan fingerprint density at radius 1 is 1.12 bits per heavy atom.